The Labute approximate surface area is 163 Å². The van der Waals surface area contributed by atoms with Gasteiger partial charge in [0.2, 0.25) is 0 Å². The molecule has 0 heterocycles. The predicted octanol–water partition coefficient (Wildman–Crippen LogP) is 2.45. The standard InChI is InChI=1S/C16H14N4O6.Ni/c21-15-3-1-13(19(23)24)7-11(15)9-17-5-6-18-10-12-8-14(20(25)26)2-4-16(12)22;/h1-4,7-10,21-22H,5-6H2;. The van der Waals surface area contributed by atoms with Crippen molar-refractivity contribution >= 4 is 23.8 Å². The van der Waals surface area contributed by atoms with E-state index in [9.17, 15) is 30.4 Å². The van der Waals surface area contributed by atoms with Crippen molar-refractivity contribution in [1.82, 2.24) is 0 Å². The predicted molar refractivity (Wildman–Crippen MR) is 94.4 cm³/mol. The summed E-state index contributed by atoms with van der Waals surface area (Å²) in [5, 5.41) is 40.7. The van der Waals surface area contributed by atoms with Crippen molar-refractivity contribution in [2.24, 2.45) is 9.98 Å². The molecule has 2 aromatic carbocycles. The average molecular weight is 417 g/mol. The first-order chi connectivity index (χ1) is 12.4. The number of phenols is 2. The Bertz CT molecular complexity index is 827. The second-order valence-corrected chi connectivity index (χ2v) is 5.07. The molecule has 0 radical (unpaired) electrons. The van der Waals surface area contributed by atoms with Crippen molar-refractivity contribution < 1.29 is 36.6 Å². The van der Waals surface area contributed by atoms with Crippen molar-refractivity contribution in [2.45, 2.75) is 0 Å². The fraction of sp³-hybridized carbons (Fsp3) is 0.125. The van der Waals surface area contributed by atoms with Crippen LogP contribution in [0.5, 0.6) is 11.5 Å². The second kappa shape index (κ2) is 9.98. The van der Waals surface area contributed by atoms with Gasteiger partial charge in [-0.25, -0.2) is 0 Å². The van der Waals surface area contributed by atoms with Crippen molar-refractivity contribution in [2.75, 3.05) is 13.1 Å². The Kier molecular flexibility index (Phi) is 8.02. The summed E-state index contributed by atoms with van der Waals surface area (Å²) in [6.07, 6.45) is 2.59. The molecular weight excluding hydrogens is 403 g/mol. The number of hydrogen-bond donors (Lipinski definition) is 2. The first kappa shape index (κ1) is 21.7. The van der Waals surface area contributed by atoms with Gasteiger partial charge in [0.25, 0.3) is 11.4 Å². The van der Waals surface area contributed by atoms with E-state index < -0.39 is 9.85 Å². The number of nitro benzene ring substituents is 2. The third-order valence-corrected chi connectivity index (χ3v) is 3.26. The van der Waals surface area contributed by atoms with E-state index >= 15 is 0 Å². The minimum Gasteiger partial charge on any atom is -0.507 e. The van der Waals surface area contributed by atoms with Gasteiger partial charge in [-0.1, -0.05) is 0 Å². The van der Waals surface area contributed by atoms with Crippen LogP contribution in [0.2, 0.25) is 0 Å². The van der Waals surface area contributed by atoms with E-state index in [0.717, 1.165) is 0 Å². The molecule has 0 saturated heterocycles. The second-order valence-electron chi connectivity index (χ2n) is 5.07. The van der Waals surface area contributed by atoms with Crippen molar-refractivity contribution in [3.8, 4) is 11.5 Å². The zero-order valence-corrected chi connectivity index (χ0v) is 14.7. The molecule has 10 nitrogen and oxygen atoms in total. The van der Waals surface area contributed by atoms with Crippen LogP contribution >= 0.6 is 0 Å². The third-order valence-electron chi connectivity index (χ3n) is 3.26. The van der Waals surface area contributed by atoms with Gasteiger partial charge in [-0.15, -0.1) is 0 Å². The molecule has 0 bridgehead atoms. The number of hydrogen-bond acceptors (Lipinski definition) is 8. The zero-order valence-electron chi connectivity index (χ0n) is 13.7. The zero-order chi connectivity index (χ0) is 19.1. The van der Waals surface area contributed by atoms with Crippen LogP contribution in [0, 0.1) is 20.2 Å². The van der Waals surface area contributed by atoms with Crippen LogP contribution in [0.1, 0.15) is 11.1 Å². The fourth-order valence-electron chi connectivity index (χ4n) is 1.96. The maximum absolute atomic E-state index is 10.7. The minimum atomic E-state index is -0.577. The van der Waals surface area contributed by atoms with Crippen LogP contribution in [-0.4, -0.2) is 45.6 Å². The number of non-ortho nitro benzene ring substituents is 2. The molecular formula is C16H14N4NiO6. The first-order valence-corrected chi connectivity index (χ1v) is 7.33. The van der Waals surface area contributed by atoms with Crippen LogP contribution in [0.25, 0.3) is 0 Å². The van der Waals surface area contributed by atoms with E-state index in [4.69, 9.17) is 0 Å². The van der Waals surface area contributed by atoms with Crippen LogP contribution < -0.4 is 0 Å². The van der Waals surface area contributed by atoms with E-state index in [2.05, 4.69) is 9.98 Å². The summed E-state index contributed by atoms with van der Waals surface area (Å²) in [5.41, 5.74) is 0.0888. The summed E-state index contributed by atoms with van der Waals surface area (Å²) in [6.45, 7) is 0.433. The molecule has 2 aromatic rings. The molecule has 0 fully saturated rings. The molecule has 11 heteroatoms. The van der Waals surface area contributed by atoms with Crippen molar-refractivity contribution in [1.29, 1.82) is 0 Å². The SMILES string of the molecule is O=[N+]([O-])c1ccc(O)c(C=NCCN=Cc2cc([N+](=O)[O-])ccc2O)c1.[Ni]. The Balaban J connectivity index is 0.00000364. The van der Waals surface area contributed by atoms with Gasteiger partial charge in [-0.05, 0) is 12.1 Å². The van der Waals surface area contributed by atoms with Crippen LogP contribution in [0.3, 0.4) is 0 Å². The Morgan fingerprint density at radius 1 is 0.815 bits per heavy atom. The molecule has 0 spiro atoms. The molecule has 2 N–H and O–H groups in total. The van der Waals surface area contributed by atoms with Crippen LogP contribution in [-0.2, 0) is 16.5 Å². The number of benzene rings is 2. The normalized spacial score (nSPS) is 10.8. The van der Waals surface area contributed by atoms with E-state index in [0.29, 0.717) is 0 Å². The summed E-state index contributed by atoms with van der Waals surface area (Å²) in [5.74, 6) is -0.270. The van der Waals surface area contributed by atoms with Gasteiger partial charge in [-0.3, -0.25) is 30.2 Å². The van der Waals surface area contributed by atoms with Gasteiger partial charge < -0.3 is 10.2 Å². The number of rotatable bonds is 7. The van der Waals surface area contributed by atoms with Gasteiger partial charge in [0.05, 0.1) is 22.9 Å². The molecule has 0 saturated carbocycles. The average Bonchev–Trinajstić information content (AvgIpc) is 2.60. The van der Waals surface area contributed by atoms with Gasteiger partial charge in [0, 0.05) is 64.3 Å². The molecule has 0 aliphatic carbocycles. The summed E-state index contributed by atoms with van der Waals surface area (Å²) >= 11 is 0. The molecule has 0 amide bonds. The molecule has 0 aliphatic heterocycles. The number of aromatic hydroxyl groups is 2. The van der Waals surface area contributed by atoms with E-state index in [-0.39, 0.29) is 63.6 Å². The molecule has 0 aromatic heterocycles. The molecule has 0 aliphatic rings. The van der Waals surface area contributed by atoms with Crippen LogP contribution in [0.4, 0.5) is 11.4 Å². The Hall–Kier alpha value is -3.33. The Morgan fingerprint density at radius 2 is 1.19 bits per heavy atom. The summed E-state index contributed by atoms with van der Waals surface area (Å²) in [7, 11) is 0. The minimum absolute atomic E-state index is 0. The van der Waals surface area contributed by atoms with E-state index in [1.165, 1.54) is 48.8 Å². The molecule has 0 atom stereocenters. The van der Waals surface area contributed by atoms with Crippen LogP contribution in [0.15, 0.2) is 46.4 Å². The monoisotopic (exact) mass is 416 g/mol. The number of aliphatic imine (C=N–C) groups is 2. The van der Waals surface area contributed by atoms with Crippen molar-refractivity contribution in [3.05, 3.63) is 67.8 Å². The topological polar surface area (TPSA) is 151 Å². The number of nitrogens with zero attached hydrogens (tertiary/aromatic N) is 4. The summed E-state index contributed by atoms with van der Waals surface area (Å²) in [4.78, 5) is 28.3. The molecule has 27 heavy (non-hydrogen) atoms. The van der Waals surface area contributed by atoms with Gasteiger partial charge >= 0.3 is 0 Å². The first-order valence-electron chi connectivity index (χ1n) is 7.33. The molecule has 144 valence electrons. The van der Waals surface area contributed by atoms with Crippen molar-refractivity contribution in [3.63, 3.8) is 0 Å². The van der Waals surface area contributed by atoms with E-state index in [1.807, 2.05) is 0 Å². The fourth-order valence-corrected chi connectivity index (χ4v) is 1.96. The summed E-state index contributed by atoms with van der Waals surface area (Å²) < 4.78 is 0. The number of phenolic OH excluding ortho intramolecular Hbond substituents is 2. The maximum Gasteiger partial charge on any atom is 0.270 e. The van der Waals surface area contributed by atoms with Gasteiger partial charge in [0.15, 0.2) is 0 Å². The largest absolute Gasteiger partial charge is 0.507 e. The van der Waals surface area contributed by atoms with Gasteiger partial charge in [-0.2, -0.15) is 0 Å². The summed E-state index contributed by atoms with van der Waals surface area (Å²) in [6, 6.07) is 7.18. The number of nitro groups is 2. The van der Waals surface area contributed by atoms with Gasteiger partial charge in [0.1, 0.15) is 11.5 Å². The molecule has 2 rings (SSSR count). The Morgan fingerprint density at radius 3 is 1.52 bits per heavy atom. The maximum atomic E-state index is 10.7. The van der Waals surface area contributed by atoms with E-state index in [1.54, 1.807) is 0 Å². The molecule has 0 unspecified atom stereocenters. The third kappa shape index (κ3) is 6.16. The smallest absolute Gasteiger partial charge is 0.270 e. The quantitative estimate of drug-likeness (QED) is 0.232.